The molecule has 1 aromatic heterocycles. The normalized spacial score (nSPS) is 11.5. The van der Waals surface area contributed by atoms with Crippen LogP contribution in [0.3, 0.4) is 0 Å². The summed E-state index contributed by atoms with van der Waals surface area (Å²) in [6.45, 7) is 6.47. The van der Waals surface area contributed by atoms with Crippen LogP contribution in [-0.2, 0) is 11.3 Å². The van der Waals surface area contributed by atoms with Gasteiger partial charge < -0.3 is 9.64 Å². The van der Waals surface area contributed by atoms with Crippen LogP contribution in [0.25, 0.3) is 0 Å². The molecule has 0 unspecified atom stereocenters. The smallest absolute Gasteiger partial charge is 0.412 e. The third-order valence-electron chi connectivity index (χ3n) is 2.32. The van der Waals surface area contributed by atoms with Gasteiger partial charge in [0.2, 0.25) is 0 Å². The van der Waals surface area contributed by atoms with E-state index in [1.807, 2.05) is 19.0 Å². The molecule has 0 saturated carbocycles. The van der Waals surface area contributed by atoms with Gasteiger partial charge in [0.15, 0.2) is 0 Å². The molecule has 1 aromatic rings. The van der Waals surface area contributed by atoms with Gasteiger partial charge in [-0.05, 0) is 34.9 Å². The molecule has 0 saturated heterocycles. The van der Waals surface area contributed by atoms with E-state index >= 15 is 0 Å². The van der Waals surface area contributed by atoms with E-state index in [4.69, 9.17) is 4.74 Å². The molecule has 0 aliphatic carbocycles. The number of hydrogen-bond acceptors (Lipinski definition) is 5. The monoisotopic (exact) mass is 282 g/mol. The van der Waals surface area contributed by atoms with Crippen LogP contribution in [0.15, 0.2) is 17.3 Å². The maximum atomic E-state index is 12.1. The molecule has 0 aliphatic heterocycles. The van der Waals surface area contributed by atoms with E-state index in [1.165, 1.54) is 17.1 Å². The highest BCUT2D eigenvalue weighted by atomic mass is 16.6. The molecule has 7 heteroatoms. The molecular weight excluding hydrogens is 260 g/mol. The van der Waals surface area contributed by atoms with Crippen molar-refractivity contribution in [3.05, 3.63) is 22.9 Å². The first-order valence-corrected chi connectivity index (χ1v) is 6.38. The topological polar surface area (TPSA) is 76.5 Å². The van der Waals surface area contributed by atoms with Crippen LogP contribution >= 0.6 is 0 Å². The highest BCUT2D eigenvalue weighted by Gasteiger charge is 2.17. The van der Waals surface area contributed by atoms with Crippen LogP contribution in [0.1, 0.15) is 20.8 Å². The van der Waals surface area contributed by atoms with Gasteiger partial charge in [-0.15, -0.1) is 0 Å². The molecule has 0 atom stereocenters. The Bertz CT molecular complexity index is 517. The number of nitrogens with zero attached hydrogens (tertiary/aromatic N) is 3. The minimum Gasteiger partial charge on any atom is -0.444 e. The number of amides is 1. The van der Waals surface area contributed by atoms with E-state index in [1.54, 1.807) is 20.8 Å². The molecule has 112 valence electrons. The summed E-state index contributed by atoms with van der Waals surface area (Å²) in [5, 5.41) is 2.42. The van der Waals surface area contributed by atoms with Crippen molar-refractivity contribution in [2.75, 3.05) is 26.0 Å². The number of carbonyl (C=O) groups is 1. The third-order valence-corrected chi connectivity index (χ3v) is 2.32. The van der Waals surface area contributed by atoms with Gasteiger partial charge in [0.05, 0.1) is 12.5 Å². The van der Waals surface area contributed by atoms with Gasteiger partial charge in [-0.2, -0.15) is 0 Å². The van der Waals surface area contributed by atoms with E-state index < -0.39 is 11.7 Å². The largest absolute Gasteiger partial charge is 0.444 e. The quantitative estimate of drug-likeness (QED) is 0.896. The summed E-state index contributed by atoms with van der Waals surface area (Å²) in [6.07, 6.45) is 2.10. The average molecular weight is 282 g/mol. The van der Waals surface area contributed by atoms with Crippen molar-refractivity contribution in [2.45, 2.75) is 32.9 Å². The fourth-order valence-corrected chi connectivity index (χ4v) is 1.42. The van der Waals surface area contributed by atoms with Gasteiger partial charge in [-0.1, -0.05) is 0 Å². The van der Waals surface area contributed by atoms with E-state index in [2.05, 4.69) is 10.3 Å². The number of carbonyl (C=O) groups excluding carboxylic acids is 1. The van der Waals surface area contributed by atoms with Crippen LogP contribution in [0.4, 0.5) is 10.5 Å². The molecule has 1 heterocycles. The molecule has 0 aromatic carbocycles. The first-order chi connectivity index (χ1) is 9.19. The number of nitrogens with one attached hydrogen (secondary N) is 1. The van der Waals surface area contributed by atoms with Crippen molar-refractivity contribution in [2.24, 2.45) is 0 Å². The fraction of sp³-hybridized carbons (Fsp3) is 0.615. The molecule has 1 N–H and O–H groups in total. The molecule has 7 nitrogen and oxygen atoms in total. The summed E-state index contributed by atoms with van der Waals surface area (Å²) in [7, 11) is 3.84. The summed E-state index contributed by atoms with van der Waals surface area (Å²) in [5.74, 6) is 0. The Morgan fingerprint density at radius 3 is 2.65 bits per heavy atom. The minimum atomic E-state index is -0.665. The maximum absolute atomic E-state index is 12.1. The minimum absolute atomic E-state index is 0.112. The highest BCUT2D eigenvalue weighted by Crippen LogP contribution is 2.08. The van der Waals surface area contributed by atoms with E-state index in [9.17, 15) is 9.59 Å². The standard InChI is InChI=1S/C13H22N4O3/c1-13(2,3)20-12(19)15-10-8-14-9-17(11(10)18)7-6-16(4)5/h8-9H,6-7H2,1-5H3,(H,15,19). The van der Waals surface area contributed by atoms with Crippen LogP contribution in [-0.4, -0.2) is 46.8 Å². The zero-order valence-corrected chi connectivity index (χ0v) is 12.6. The van der Waals surface area contributed by atoms with E-state index in [0.717, 1.165) is 0 Å². The lowest BCUT2D eigenvalue weighted by Gasteiger charge is -2.19. The lowest BCUT2D eigenvalue weighted by Crippen LogP contribution is -2.32. The van der Waals surface area contributed by atoms with Gasteiger partial charge in [-0.25, -0.2) is 9.78 Å². The van der Waals surface area contributed by atoms with Crippen molar-refractivity contribution in [1.29, 1.82) is 0 Å². The van der Waals surface area contributed by atoms with Crippen molar-refractivity contribution in [3.8, 4) is 0 Å². The van der Waals surface area contributed by atoms with Gasteiger partial charge in [0, 0.05) is 13.1 Å². The van der Waals surface area contributed by atoms with Crippen molar-refractivity contribution in [1.82, 2.24) is 14.5 Å². The Hall–Kier alpha value is -1.89. The van der Waals surface area contributed by atoms with Crippen LogP contribution in [0.5, 0.6) is 0 Å². The zero-order chi connectivity index (χ0) is 15.3. The summed E-state index contributed by atoms with van der Waals surface area (Å²) in [5.41, 5.74) is -0.802. The molecule has 0 spiro atoms. The first kappa shape index (κ1) is 16.2. The number of hydrogen-bond donors (Lipinski definition) is 1. The lowest BCUT2D eigenvalue weighted by atomic mass is 10.2. The van der Waals surface area contributed by atoms with Gasteiger partial charge in [-0.3, -0.25) is 14.7 Å². The summed E-state index contributed by atoms with van der Waals surface area (Å²) >= 11 is 0. The van der Waals surface area contributed by atoms with Crippen LogP contribution in [0.2, 0.25) is 0 Å². The summed E-state index contributed by atoms with van der Waals surface area (Å²) in [4.78, 5) is 29.7. The molecule has 0 bridgehead atoms. The SMILES string of the molecule is CN(C)CCn1cncc(NC(=O)OC(C)(C)C)c1=O. The first-order valence-electron chi connectivity index (χ1n) is 6.38. The molecular formula is C13H22N4O3. The lowest BCUT2D eigenvalue weighted by molar-refractivity contribution is 0.0635. The number of rotatable bonds is 4. The molecule has 1 rings (SSSR count). The Balaban J connectivity index is 2.79. The maximum Gasteiger partial charge on any atom is 0.412 e. The fourth-order valence-electron chi connectivity index (χ4n) is 1.42. The van der Waals surface area contributed by atoms with Crippen LogP contribution < -0.4 is 10.9 Å². The number of aromatic nitrogens is 2. The van der Waals surface area contributed by atoms with Crippen molar-refractivity contribution >= 4 is 11.8 Å². The average Bonchev–Trinajstić information content (AvgIpc) is 2.27. The summed E-state index contributed by atoms with van der Waals surface area (Å²) < 4.78 is 6.55. The number of ether oxygens (including phenoxy) is 1. The van der Waals surface area contributed by atoms with E-state index in [0.29, 0.717) is 13.1 Å². The number of anilines is 1. The van der Waals surface area contributed by atoms with Gasteiger partial charge in [0.1, 0.15) is 11.3 Å². The number of likely N-dealkylation sites (N-methyl/N-ethyl adjacent to an activating group) is 1. The highest BCUT2D eigenvalue weighted by molar-refractivity contribution is 5.84. The second-order valence-electron chi connectivity index (χ2n) is 5.74. The predicted molar refractivity (Wildman–Crippen MR) is 76.9 cm³/mol. The van der Waals surface area contributed by atoms with Gasteiger partial charge >= 0.3 is 6.09 Å². The Kier molecular flexibility index (Phi) is 5.26. The Labute approximate surface area is 118 Å². The third kappa shape index (κ3) is 5.40. The van der Waals surface area contributed by atoms with Crippen molar-refractivity contribution in [3.63, 3.8) is 0 Å². The Morgan fingerprint density at radius 2 is 2.10 bits per heavy atom. The molecule has 20 heavy (non-hydrogen) atoms. The summed E-state index contributed by atoms with van der Waals surface area (Å²) in [6, 6.07) is 0. The molecule has 0 fully saturated rings. The second-order valence-corrected chi connectivity index (χ2v) is 5.74. The van der Waals surface area contributed by atoms with E-state index in [-0.39, 0.29) is 11.2 Å². The van der Waals surface area contributed by atoms with Crippen LogP contribution in [0, 0.1) is 0 Å². The van der Waals surface area contributed by atoms with Crippen molar-refractivity contribution < 1.29 is 9.53 Å². The van der Waals surface area contributed by atoms with Gasteiger partial charge in [0.25, 0.3) is 5.56 Å². The molecule has 0 aliphatic rings. The second kappa shape index (κ2) is 6.51. The molecule has 1 amide bonds. The predicted octanol–water partition coefficient (Wildman–Crippen LogP) is 1.15. The Morgan fingerprint density at radius 1 is 1.45 bits per heavy atom. The molecule has 0 radical (unpaired) electrons. The zero-order valence-electron chi connectivity index (χ0n) is 12.6.